The molecular formula is C22H31N5O7S. The highest BCUT2D eigenvalue weighted by molar-refractivity contribution is 7.80. The third kappa shape index (κ3) is 9.09. The Hall–Kier alpha value is -3.32. The molecule has 192 valence electrons. The minimum absolute atomic E-state index is 0.00884. The van der Waals surface area contributed by atoms with Gasteiger partial charge in [0.25, 0.3) is 0 Å². The van der Waals surface area contributed by atoms with Gasteiger partial charge in [0.2, 0.25) is 23.6 Å². The Balaban J connectivity index is 2.20. The molecule has 4 atom stereocenters. The van der Waals surface area contributed by atoms with Crippen LogP contribution in [0.2, 0.25) is 0 Å². The maximum Gasteiger partial charge on any atom is 0.327 e. The summed E-state index contributed by atoms with van der Waals surface area (Å²) >= 11 is 3.93. The summed E-state index contributed by atoms with van der Waals surface area (Å²) in [6.45, 7) is 0.668. The van der Waals surface area contributed by atoms with E-state index in [1.165, 1.54) is 12.1 Å². The molecule has 1 aromatic rings. The summed E-state index contributed by atoms with van der Waals surface area (Å²) in [6, 6.07) is 1.79. The molecule has 0 saturated carbocycles. The quantitative estimate of drug-likeness (QED) is 0.146. The van der Waals surface area contributed by atoms with Crippen LogP contribution in [0.1, 0.15) is 31.2 Å². The summed E-state index contributed by atoms with van der Waals surface area (Å²) in [6.07, 6.45) is 1.12. The monoisotopic (exact) mass is 509 g/mol. The van der Waals surface area contributed by atoms with Gasteiger partial charge in [0.15, 0.2) is 0 Å². The highest BCUT2D eigenvalue weighted by Gasteiger charge is 2.31. The Morgan fingerprint density at radius 1 is 1.03 bits per heavy atom. The van der Waals surface area contributed by atoms with Gasteiger partial charge in [-0.1, -0.05) is 12.1 Å². The van der Waals surface area contributed by atoms with Crippen LogP contribution in [0.25, 0.3) is 0 Å². The molecule has 1 saturated heterocycles. The molecule has 1 heterocycles. The van der Waals surface area contributed by atoms with Gasteiger partial charge in [-0.2, -0.15) is 12.6 Å². The van der Waals surface area contributed by atoms with Crippen molar-refractivity contribution in [2.75, 3.05) is 12.3 Å². The molecule has 35 heavy (non-hydrogen) atoms. The molecular weight excluding hydrogens is 478 g/mol. The van der Waals surface area contributed by atoms with Crippen LogP contribution < -0.4 is 27.0 Å². The maximum atomic E-state index is 13.1. The number of aliphatic carboxylic acids is 1. The number of nitrogens with two attached hydrogens (primary N) is 1. The Morgan fingerprint density at radius 2 is 1.66 bits per heavy atom. The van der Waals surface area contributed by atoms with Crippen LogP contribution >= 0.6 is 12.6 Å². The highest BCUT2D eigenvalue weighted by atomic mass is 32.1. The average Bonchev–Trinajstić information content (AvgIpc) is 3.35. The number of primary amides is 1. The minimum Gasteiger partial charge on any atom is -0.508 e. The molecule has 1 aliphatic heterocycles. The smallest absolute Gasteiger partial charge is 0.327 e. The van der Waals surface area contributed by atoms with E-state index < -0.39 is 53.8 Å². The van der Waals surface area contributed by atoms with E-state index in [9.17, 15) is 34.2 Å². The molecule has 0 bridgehead atoms. The number of phenols is 1. The molecule has 1 fully saturated rings. The van der Waals surface area contributed by atoms with Crippen molar-refractivity contribution < 1.29 is 34.2 Å². The van der Waals surface area contributed by atoms with Crippen molar-refractivity contribution in [3.8, 4) is 5.75 Å². The first-order valence-corrected chi connectivity index (χ1v) is 11.8. The van der Waals surface area contributed by atoms with Crippen molar-refractivity contribution >= 4 is 42.2 Å². The summed E-state index contributed by atoms with van der Waals surface area (Å²) in [5.41, 5.74) is 5.79. The second-order valence-corrected chi connectivity index (χ2v) is 8.59. The molecule has 2 rings (SSSR count). The molecule has 4 amide bonds. The Bertz CT molecular complexity index is 921. The lowest BCUT2D eigenvalue weighted by atomic mass is 10.0. The number of rotatable bonds is 13. The van der Waals surface area contributed by atoms with Crippen LogP contribution in [0.15, 0.2) is 24.3 Å². The Kier molecular flexibility index (Phi) is 10.8. The third-order valence-corrected chi connectivity index (χ3v) is 5.86. The number of nitrogens with one attached hydrogen (secondary N) is 4. The molecule has 4 unspecified atom stereocenters. The number of carbonyl (C=O) groups excluding carboxylic acids is 4. The molecule has 0 spiro atoms. The minimum atomic E-state index is -1.29. The number of carboxylic acids is 1. The van der Waals surface area contributed by atoms with Crippen LogP contribution in [-0.4, -0.2) is 76.3 Å². The summed E-state index contributed by atoms with van der Waals surface area (Å²) in [5, 5.41) is 29.2. The number of carboxylic acid groups (broad SMARTS) is 1. The van der Waals surface area contributed by atoms with E-state index in [1.807, 2.05) is 0 Å². The summed E-state index contributed by atoms with van der Waals surface area (Å²) in [4.78, 5) is 61.2. The zero-order valence-electron chi connectivity index (χ0n) is 19.0. The molecule has 12 nitrogen and oxygen atoms in total. The number of carbonyl (C=O) groups is 5. The van der Waals surface area contributed by atoms with E-state index in [-0.39, 0.29) is 30.8 Å². The maximum absolute atomic E-state index is 13.1. The molecule has 0 radical (unpaired) electrons. The van der Waals surface area contributed by atoms with Crippen LogP contribution in [0.4, 0.5) is 0 Å². The predicted molar refractivity (Wildman–Crippen MR) is 129 cm³/mol. The molecule has 13 heteroatoms. The van der Waals surface area contributed by atoms with Crippen LogP contribution in [0.5, 0.6) is 5.75 Å². The normalized spacial score (nSPS) is 17.6. The van der Waals surface area contributed by atoms with E-state index >= 15 is 0 Å². The number of aromatic hydroxyl groups is 1. The molecule has 0 aliphatic carbocycles. The van der Waals surface area contributed by atoms with Gasteiger partial charge in [-0.25, -0.2) is 4.79 Å². The lowest BCUT2D eigenvalue weighted by Gasteiger charge is -2.25. The lowest BCUT2D eigenvalue weighted by Crippen LogP contribution is -2.57. The van der Waals surface area contributed by atoms with Crippen molar-refractivity contribution in [1.29, 1.82) is 0 Å². The fraction of sp³-hybridized carbons (Fsp3) is 0.500. The number of thiol groups is 1. The number of amides is 4. The average molecular weight is 510 g/mol. The SMILES string of the molecule is NC(=O)CCC(NC(=O)C1CCCN1)C(=O)NC(Cc1ccc(O)cc1)C(=O)NC(CS)C(=O)O. The first-order valence-electron chi connectivity index (χ1n) is 11.1. The van der Waals surface area contributed by atoms with Gasteiger partial charge in [0.1, 0.15) is 23.9 Å². The summed E-state index contributed by atoms with van der Waals surface area (Å²) in [7, 11) is 0. The Morgan fingerprint density at radius 3 is 2.20 bits per heavy atom. The van der Waals surface area contributed by atoms with Gasteiger partial charge < -0.3 is 37.2 Å². The van der Waals surface area contributed by atoms with Crippen LogP contribution in [-0.2, 0) is 30.4 Å². The number of hydrogen-bond donors (Lipinski definition) is 8. The highest BCUT2D eigenvalue weighted by Crippen LogP contribution is 2.12. The van der Waals surface area contributed by atoms with Gasteiger partial charge in [-0.3, -0.25) is 19.2 Å². The fourth-order valence-corrected chi connectivity index (χ4v) is 3.79. The van der Waals surface area contributed by atoms with Gasteiger partial charge in [-0.15, -0.1) is 0 Å². The van der Waals surface area contributed by atoms with E-state index in [0.29, 0.717) is 18.5 Å². The van der Waals surface area contributed by atoms with E-state index in [4.69, 9.17) is 5.73 Å². The van der Waals surface area contributed by atoms with E-state index in [0.717, 1.165) is 6.42 Å². The number of phenolic OH excluding ortho intramolecular Hbond substituents is 1. The van der Waals surface area contributed by atoms with Crippen LogP contribution in [0.3, 0.4) is 0 Å². The van der Waals surface area contributed by atoms with Crippen molar-refractivity contribution in [3.63, 3.8) is 0 Å². The van der Waals surface area contributed by atoms with Gasteiger partial charge in [0, 0.05) is 18.6 Å². The molecule has 1 aliphatic rings. The van der Waals surface area contributed by atoms with Gasteiger partial charge >= 0.3 is 5.97 Å². The van der Waals surface area contributed by atoms with Crippen molar-refractivity contribution in [2.24, 2.45) is 5.73 Å². The topological polar surface area (TPSA) is 200 Å². The van der Waals surface area contributed by atoms with E-state index in [1.54, 1.807) is 12.1 Å². The molecule has 1 aromatic carbocycles. The van der Waals surface area contributed by atoms with Crippen LogP contribution in [0, 0.1) is 0 Å². The third-order valence-electron chi connectivity index (χ3n) is 5.50. The standard InChI is InChI=1S/C22H31N5O7S/c23-18(29)8-7-15(25-19(30)14-2-1-9-24-14)20(31)26-16(10-12-3-5-13(28)6-4-12)21(32)27-17(11-35)22(33)34/h3-6,14-17,24,28,35H,1-2,7-11H2,(H2,23,29)(H,25,30)(H,26,31)(H,27,32)(H,33,34). The zero-order valence-corrected chi connectivity index (χ0v) is 19.9. The molecule has 0 aromatic heterocycles. The second-order valence-electron chi connectivity index (χ2n) is 8.23. The zero-order chi connectivity index (χ0) is 26.0. The van der Waals surface area contributed by atoms with Crippen molar-refractivity contribution in [3.05, 3.63) is 29.8 Å². The van der Waals surface area contributed by atoms with Crippen molar-refractivity contribution in [1.82, 2.24) is 21.3 Å². The lowest BCUT2D eigenvalue weighted by molar-refractivity contribution is -0.141. The Labute approximate surface area is 207 Å². The van der Waals surface area contributed by atoms with E-state index in [2.05, 4.69) is 33.9 Å². The molecule has 8 N–H and O–H groups in total. The van der Waals surface area contributed by atoms with Crippen molar-refractivity contribution in [2.45, 2.75) is 56.3 Å². The van der Waals surface area contributed by atoms with Gasteiger partial charge in [-0.05, 0) is 43.5 Å². The second kappa shape index (κ2) is 13.5. The largest absolute Gasteiger partial charge is 0.508 e. The predicted octanol–water partition coefficient (Wildman–Crippen LogP) is -1.58. The van der Waals surface area contributed by atoms with Gasteiger partial charge in [0.05, 0.1) is 6.04 Å². The number of benzene rings is 1. The summed E-state index contributed by atoms with van der Waals surface area (Å²) in [5.74, 6) is -4.03. The summed E-state index contributed by atoms with van der Waals surface area (Å²) < 4.78 is 0. The first-order chi connectivity index (χ1) is 16.6. The number of hydrogen-bond acceptors (Lipinski definition) is 8. The first kappa shape index (κ1) is 27.9. The fourth-order valence-electron chi connectivity index (χ4n) is 3.54.